The lowest BCUT2D eigenvalue weighted by Gasteiger charge is -2.15. The number of unbranched alkanes of at least 4 members (excludes halogenated alkanes) is 2. The Hall–Kier alpha value is -5.07. The van der Waals surface area contributed by atoms with Crippen molar-refractivity contribution in [2.75, 3.05) is 18.9 Å². The molecule has 1 unspecified atom stereocenters. The van der Waals surface area contributed by atoms with Gasteiger partial charge in [0.2, 0.25) is 0 Å². The molecule has 0 amide bonds. The summed E-state index contributed by atoms with van der Waals surface area (Å²) in [7, 11) is 1.97. The molecule has 3 heterocycles. The van der Waals surface area contributed by atoms with E-state index in [9.17, 15) is 4.79 Å². The van der Waals surface area contributed by atoms with E-state index in [0.29, 0.717) is 24.0 Å². The molecule has 7 heteroatoms. The van der Waals surface area contributed by atoms with Gasteiger partial charge in [-0.15, -0.1) is 5.73 Å². The molecule has 264 valence electrons. The van der Waals surface area contributed by atoms with Gasteiger partial charge in [0.05, 0.1) is 12.7 Å². The molecule has 0 bridgehead atoms. The van der Waals surface area contributed by atoms with E-state index < -0.39 is 0 Å². The number of likely N-dealkylation sites (N-methyl/N-ethyl adjacent to an activating group) is 1. The van der Waals surface area contributed by atoms with Crippen LogP contribution in [0.15, 0.2) is 131 Å². The molecule has 0 saturated carbocycles. The third-order valence-corrected chi connectivity index (χ3v) is 9.29. The van der Waals surface area contributed by atoms with Crippen LogP contribution in [0, 0.1) is 0 Å². The summed E-state index contributed by atoms with van der Waals surface area (Å²) in [5.41, 5.74) is 12.3. The Balaban J connectivity index is 0.000000306. The summed E-state index contributed by atoms with van der Waals surface area (Å²) in [4.78, 5) is 22.4. The van der Waals surface area contributed by atoms with Gasteiger partial charge < -0.3 is 10.6 Å². The molecule has 2 aromatic carbocycles. The van der Waals surface area contributed by atoms with Crippen molar-refractivity contribution in [1.82, 2.24) is 19.9 Å². The van der Waals surface area contributed by atoms with Crippen molar-refractivity contribution in [3.05, 3.63) is 153 Å². The molecule has 0 spiro atoms. The number of nitrogens with one attached hydrogen (secondary N) is 2. The highest BCUT2D eigenvalue weighted by atomic mass is 32.1. The molecule has 6 nitrogen and oxygen atoms in total. The average molecular weight is 698 g/mol. The molecule has 51 heavy (non-hydrogen) atoms. The Labute approximate surface area is 308 Å². The van der Waals surface area contributed by atoms with Crippen molar-refractivity contribution < 1.29 is 0 Å². The quantitative estimate of drug-likeness (QED) is 0.0842. The van der Waals surface area contributed by atoms with Crippen LogP contribution in [0.25, 0.3) is 34.3 Å². The van der Waals surface area contributed by atoms with Crippen molar-refractivity contribution in [2.45, 2.75) is 65.8 Å². The maximum atomic E-state index is 13.5. The number of rotatable bonds is 15. The average Bonchev–Trinajstić information content (AvgIpc) is 3.71. The van der Waals surface area contributed by atoms with Crippen LogP contribution < -0.4 is 16.2 Å². The molecular weight excluding hydrogens is 647 g/mol. The van der Waals surface area contributed by atoms with Crippen LogP contribution in [0.1, 0.15) is 76.0 Å². The normalized spacial score (nSPS) is 12.0. The summed E-state index contributed by atoms with van der Waals surface area (Å²) in [6, 6.07) is 22.4. The Morgan fingerprint density at radius 3 is 2.47 bits per heavy atom. The van der Waals surface area contributed by atoms with E-state index in [2.05, 4.69) is 120 Å². The minimum absolute atomic E-state index is 0.137. The standard InChI is InChI=1S/C30H29N3OS.C14H22N2/c1-3-5-8-13-27(24-16-14-23(15-17-24)26-18-20-35-22-26)32-28-21-31-29(25-11-9-7-10-12-25)33(30(28)34)19-6-4-2;1-5-12(3)14-6-7-16-10-13(14)8-11(2)9-15-4/h6-7,9-18,20-22,32H,2-3,5,8,19H2,1H3;6-8,10,12,15H,5,9H2,1-4H3/b;11-8+. The van der Waals surface area contributed by atoms with Crippen LogP contribution in [0.4, 0.5) is 5.69 Å². The maximum absolute atomic E-state index is 13.5. The third-order valence-electron chi connectivity index (χ3n) is 8.61. The molecular formula is C44H51N5OS. The summed E-state index contributed by atoms with van der Waals surface area (Å²) in [5, 5.41) is 10.8. The van der Waals surface area contributed by atoms with Crippen molar-refractivity contribution in [3.8, 4) is 22.5 Å². The smallest absolute Gasteiger partial charge is 0.277 e. The summed E-state index contributed by atoms with van der Waals surface area (Å²) < 4.78 is 1.65. The Morgan fingerprint density at radius 2 is 1.80 bits per heavy atom. The number of aromatic nitrogens is 3. The third kappa shape index (κ3) is 11.2. The van der Waals surface area contributed by atoms with Crippen LogP contribution in [0.2, 0.25) is 0 Å². The summed E-state index contributed by atoms with van der Waals surface area (Å²) in [6.45, 7) is 13.7. The minimum atomic E-state index is -0.137. The summed E-state index contributed by atoms with van der Waals surface area (Å²) in [6.07, 6.45) is 15.9. The molecule has 0 radical (unpaired) electrons. The maximum Gasteiger partial charge on any atom is 0.277 e. The number of nitrogens with zero attached hydrogens (tertiary/aromatic N) is 3. The number of pyridine rings is 1. The van der Waals surface area contributed by atoms with E-state index in [0.717, 1.165) is 49.1 Å². The largest absolute Gasteiger partial charge is 0.350 e. The van der Waals surface area contributed by atoms with Gasteiger partial charge >= 0.3 is 0 Å². The van der Waals surface area contributed by atoms with Gasteiger partial charge in [-0.1, -0.05) is 106 Å². The zero-order chi connectivity index (χ0) is 36.4. The van der Waals surface area contributed by atoms with Crippen molar-refractivity contribution >= 4 is 28.8 Å². The van der Waals surface area contributed by atoms with Gasteiger partial charge in [-0.05, 0) is 95.9 Å². The molecule has 0 fully saturated rings. The van der Waals surface area contributed by atoms with E-state index in [1.54, 1.807) is 28.2 Å². The Morgan fingerprint density at radius 1 is 1.02 bits per heavy atom. The fraction of sp³-hybridized carbons (Fsp3) is 0.273. The first-order valence-corrected chi connectivity index (χ1v) is 18.7. The second-order valence-corrected chi connectivity index (χ2v) is 13.3. The first-order chi connectivity index (χ1) is 24.9. The van der Waals surface area contributed by atoms with E-state index in [1.807, 2.05) is 49.8 Å². The van der Waals surface area contributed by atoms with Gasteiger partial charge in [0, 0.05) is 30.2 Å². The highest BCUT2D eigenvalue weighted by molar-refractivity contribution is 7.08. The number of thiophene rings is 1. The zero-order valence-electron chi connectivity index (χ0n) is 30.7. The fourth-order valence-corrected chi connectivity index (χ4v) is 6.30. The lowest BCUT2D eigenvalue weighted by atomic mass is 9.94. The first-order valence-electron chi connectivity index (χ1n) is 17.7. The van der Waals surface area contributed by atoms with Gasteiger partial charge in [-0.2, -0.15) is 11.3 Å². The fourth-order valence-electron chi connectivity index (χ4n) is 5.63. The summed E-state index contributed by atoms with van der Waals surface area (Å²) >= 11 is 1.69. The lowest BCUT2D eigenvalue weighted by molar-refractivity contribution is 0.730. The minimum Gasteiger partial charge on any atom is -0.350 e. The Kier molecular flexibility index (Phi) is 15.6. The Bertz CT molecular complexity index is 1970. The van der Waals surface area contributed by atoms with Crippen LogP contribution in [0.3, 0.4) is 0 Å². The first kappa shape index (κ1) is 38.7. The van der Waals surface area contributed by atoms with Crippen LogP contribution >= 0.6 is 11.3 Å². The molecule has 2 N–H and O–H groups in total. The van der Waals surface area contributed by atoms with Crippen LogP contribution in [-0.2, 0) is 6.54 Å². The number of benzene rings is 2. The van der Waals surface area contributed by atoms with Crippen molar-refractivity contribution in [2.24, 2.45) is 0 Å². The van der Waals surface area contributed by atoms with Gasteiger partial charge in [-0.25, -0.2) is 4.98 Å². The number of anilines is 1. The highest BCUT2D eigenvalue weighted by Crippen LogP contribution is 2.26. The number of hydrogen-bond donors (Lipinski definition) is 2. The monoisotopic (exact) mass is 697 g/mol. The van der Waals surface area contributed by atoms with Crippen LogP contribution in [-0.4, -0.2) is 28.1 Å². The molecule has 0 aliphatic carbocycles. The van der Waals surface area contributed by atoms with Crippen molar-refractivity contribution in [1.29, 1.82) is 0 Å². The van der Waals surface area contributed by atoms with Crippen molar-refractivity contribution in [3.63, 3.8) is 0 Å². The predicted molar refractivity (Wildman–Crippen MR) is 219 cm³/mol. The second-order valence-electron chi connectivity index (χ2n) is 12.5. The molecule has 0 aliphatic heterocycles. The number of hydrogen-bond acceptors (Lipinski definition) is 6. The SMILES string of the molecule is C=C=CCn1c(-c2ccccc2)ncc(NC(=CCCCC)c2ccc(-c3ccsc3)cc2)c1=O.CCC(C)c1ccncc1/C=C(\C)CNC. The van der Waals surface area contributed by atoms with Crippen LogP contribution in [0.5, 0.6) is 0 Å². The molecule has 3 aromatic heterocycles. The van der Waals surface area contributed by atoms with Gasteiger partial charge in [0.1, 0.15) is 11.5 Å². The number of allylic oxidation sites excluding steroid dienone is 2. The topological polar surface area (TPSA) is 71.8 Å². The van der Waals surface area contributed by atoms with Gasteiger partial charge in [-0.3, -0.25) is 14.3 Å². The summed E-state index contributed by atoms with van der Waals surface area (Å²) in [5.74, 6) is 1.21. The van der Waals surface area contributed by atoms with E-state index in [1.165, 1.54) is 27.8 Å². The van der Waals surface area contributed by atoms with Gasteiger partial charge in [0.25, 0.3) is 5.56 Å². The molecule has 0 aliphatic rings. The molecule has 1 atom stereocenters. The van der Waals surface area contributed by atoms with E-state index in [4.69, 9.17) is 0 Å². The molecule has 5 aromatic rings. The van der Waals surface area contributed by atoms with Gasteiger partial charge in [0.15, 0.2) is 0 Å². The van der Waals surface area contributed by atoms with E-state index in [-0.39, 0.29) is 5.56 Å². The second kappa shape index (κ2) is 20.6. The predicted octanol–water partition coefficient (Wildman–Crippen LogP) is 10.8. The molecule has 5 rings (SSSR count). The van der Waals surface area contributed by atoms with E-state index >= 15 is 0 Å². The zero-order valence-corrected chi connectivity index (χ0v) is 31.5. The lowest BCUT2D eigenvalue weighted by Crippen LogP contribution is -2.25. The molecule has 0 saturated heterocycles. The highest BCUT2D eigenvalue weighted by Gasteiger charge is 2.14.